The first-order valence-corrected chi connectivity index (χ1v) is 5.86. The number of benzene rings is 1. The number of hydrogen-bond donors (Lipinski definition) is 0. The molecule has 0 bridgehead atoms. The Kier molecular flexibility index (Phi) is 4.93. The molecule has 14 heavy (non-hydrogen) atoms. The van der Waals surface area contributed by atoms with Crippen LogP contribution in [0, 0.1) is 0 Å². The van der Waals surface area contributed by atoms with Crippen LogP contribution in [0.3, 0.4) is 0 Å². The van der Waals surface area contributed by atoms with Crippen molar-refractivity contribution in [3.05, 3.63) is 33.3 Å². The largest absolute Gasteiger partial charge is 0.299 e. The molecule has 1 rings (SSSR count). The van der Waals surface area contributed by atoms with Gasteiger partial charge in [0.2, 0.25) is 0 Å². The van der Waals surface area contributed by atoms with Gasteiger partial charge in [-0.1, -0.05) is 23.7 Å². The molecule has 1 aromatic carbocycles. The van der Waals surface area contributed by atoms with Crippen LogP contribution < -0.4 is 0 Å². The number of ketones is 1. The maximum Gasteiger partial charge on any atom is 0.138 e. The van der Waals surface area contributed by atoms with E-state index in [1.807, 2.05) is 12.1 Å². The molecular formula is C10H9BrCl2O. The summed E-state index contributed by atoms with van der Waals surface area (Å²) in [5, 5.41) is 0.626. The van der Waals surface area contributed by atoms with E-state index in [2.05, 4.69) is 15.9 Å². The number of carbonyl (C=O) groups is 1. The summed E-state index contributed by atoms with van der Waals surface area (Å²) in [6, 6.07) is 5.49. The molecule has 0 fully saturated rings. The zero-order chi connectivity index (χ0) is 10.6. The van der Waals surface area contributed by atoms with Crippen LogP contribution in [-0.2, 0) is 11.2 Å². The Hall–Kier alpha value is -0.0500. The summed E-state index contributed by atoms with van der Waals surface area (Å²) in [6.45, 7) is 0. The van der Waals surface area contributed by atoms with Crippen LogP contribution in [0.2, 0.25) is 5.02 Å². The van der Waals surface area contributed by atoms with Crippen molar-refractivity contribution in [2.45, 2.75) is 12.8 Å². The van der Waals surface area contributed by atoms with Crippen molar-refractivity contribution in [1.29, 1.82) is 0 Å². The molecule has 4 heteroatoms. The summed E-state index contributed by atoms with van der Waals surface area (Å²) in [5.41, 5.74) is 0.910. The third kappa shape index (κ3) is 3.26. The van der Waals surface area contributed by atoms with Gasteiger partial charge in [-0.15, -0.1) is 11.6 Å². The van der Waals surface area contributed by atoms with E-state index in [1.54, 1.807) is 6.07 Å². The zero-order valence-electron chi connectivity index (χ0n) is 7.40. The molecular weight excluding hydrogens is 287 g/mol. The second-order valence-corrected chi connectivity index (χ2v) is 4.45. The minimum Gasteiger partial charge on any atom is -0.299 e. The van der Waals surface area contributed by atoms with Crippen molar-refractivity contribution < 1.29 is 4.79 Å². The molecule has 0 saturated heterocycles. The third-order valence-electron chi connectivity index (χ3n) is 1.79. The molecule has 0 radical (unpaired) electrons. The third-order valence-corrected chi connectivity index (χ3v) is 3.46. The van der Waals surface area contributed by atoms with Crippen LogP contribution in [0.4, 0.5) is 0 Å². The minimum atomic E-state index is 0.128. The SMILES string of the molecule is O=C(CCCl)Cc1cccc(Cl)c1Br. The van der Waals surface area contributed by atoms with Crippen molar-refractivity contribution in [1.82, 2.24) is 0 Å². The molecule has 0 aliphatic heterocycles. The predicted molar refractivity (Wildman–Crippen MR) is 63.2 cm³/mol. The van der Waals surface area contributed by atoms with Crippen LogP contribution in [0.5, 0.6) is 0 Å². The van der Waals surface area contributed by atoms with E-state index in [4.69, 9.17) is 23.2 Å². The van der Waals surface area contributed by atoms with Gasteiger partial charge in [-0.25, -0.2) is 0 Å². The second kappa shape index (κ2) is 5.74. The fourth-order valence-corrected chi connectivity index (χ4v) is 1.90. The first kappa shape index (κ1) is 12.0. The number of carbonyl (C=O) groups excluding carboxylic acids is 1. The molecule has 0 atom stereocenters. The van der Waals surface area contributed by atoms with Crippen molar-refractivity contribution in [3.63, 3.8) is 0 Å². The molecule has 0 amide bonds. The fraction of sp³-hybridized carbons (Fsp3) is 0.300. The van der Waals surface area contributed by atoms with Crippen molar-refractivity contribution in [2.75, 3.05) is 5.88 Å². The average molecular weight is 296 g/mol. The van der Waals surface area contributed by atoms with E-state index in [0.29, 0.717) is 23.7 Å². The van der Waals surface area contributed by atoms with Crippen LogP contribution in [0.1, 0.15) is 12.0 Å². The zero-order valence-corrected chi connectivity index (χ0v) is 10.5. The Labute approximate surface area is 102 Å². The van der Waals surface area contributed by atoms with Gasteiger partial charge in [0.05, 0.1) is 5.02 Å². The molecule has 0 aliphatic rings. The summed E-state index contributed by atoms with van der Waals surface area (Å²) in [4.78, 5) is 11.3. The normalized spacial score (nSPS) is 10.2. The molecule has 0 aromatic heterocycles. The van der Waals surface area contributed by atoms with Crippen LogP contribution in [0.15, 0.2) is 22.7 Å². The highest BCUT2D eigenvalue weighted by Crippen LogP contribution is 2.26. The van der Waals surface area contributed by atoms with Gasteiger partial charge in [0, 0.05) is 23.2 Å². The van der Waals surface area contributed by atoms with Gasteiger partial charge in [0.25, 0.3) is 0 Å². The molecule has 0 saturated carbocycles. The quantitative estimate of drug-likeness (QED) is 0.771. The van der Waals surface area contributed by atoms with Gasteiger partial charge in [-0.2, -0.15) is 0 Å². The lowest BCUT2D eigenvalue weighted by Gasteiger charge is -2.04. The predicted octanol–water partition coefficient (Wildman–Crippen LogP) is 3.84. The number of rotatable bonds is 4. The van der Waals surface area contributed by atoms with Gasteiger partial charge in [0.1, 0.15) is 5.78 Å². The molecule has 1 nitrogen and oxygen atoms in total. The van der Waals surface area contributed by atoms with Gasteiger partial charge in [0.15, 0.2) is 0 Å². The van der Waals surface area contributed by atoms with Gasteiger partial charge >= 0.3 is 0 Å². The standard InChI is InChI=1S/C10H9BrCl2O/c11-10-7(2-1-3-9(10)13)6-8(14)4-5-12/h1-3H,4-6H2. The van der Waals surface area contributed by atoms with Crippen LogP contribution >= 0.6 is 39.1 Å². The highest BCUT2D eigenvalue weighted by Gasteiger charge is 2.08. The summed E-state index contributed by atoms with van der Waals surface area (Å²) < 4.78 is 0.796. The Morgan fingerprint density at radius 3 is 2.79 bits per heavy atom. The fourth-order valence-electron chi connectivity index (χ4n) is 1.09. The Bertz CT molecular complexity index is 339. The summed E-state index contributed by atoms with van der Waals surface area (Å²) >= 11 is 14.7. The summed E-state index contributed by atoms with van der Waals surface area (Å²) in [5.74, 6) is 0.500. The van der Waals surface area contributed by atoms with Gasteiger partial charge in [-0.05, 0) is 27.6 Å². The number of Topliss-reactive ketones (excluding diaryl/α,β-unsaturated/α-hetero) is 1. The molecule has 0 unspecified atom stereocenters. The average Bonchev–Trinajstić information content (AvgIpc) is 2.13. The van der Waals surface area contributed by atoms with Crippen LogP contribution in [-0.4, -0.2) is 11.7 Å². The smallest absolute Gasteiger partial charge is 0.138 e. The van der Waals surface area contributed by atoms with Gasteiger partial charge < -0.3 is 0 Å². The molecule has 0 N–H and O–H groups in total. The number of hydrogen-bond acceptors (Lipinski definition) is 1. The van der Waals surface area contributed by atoms with E-state index < -0.39 is 0 Å². The monoisotopic (exact) mass is 294 g/mol. The van der Waals surface area contributed by atoms with E-state index in [0.717, 1.165) is 10.0 Å². The molecule has 0 heterocycles. The number of halogens is 3. The topological polar surface area (TPSA) is 17.1 Å². The highest BCUT2D eigenvalue weighted by atomic mass is 79.9. The van der Waals surface area contributed by atoms with Crippen molar-refractivity contribution in [3.8, 4) is 0 Å². The van der Waals surface area contributed by atoms with Gasteiger partial charge in [-0.3, -0.25) is 4.79 Å². The molecule has 0 aliphatic carbocycles. The minimum absolute atomic E-state index is 0.128. The number of alkyl halides is 1. The van der Waals surface area contributed by atoms with Crippen molar-refractivity contribution in [2.24, 2.45) is 0 Å². The highest BCUT2D eigenvalue weighted by molar-refractivity contribution is 9.10. The van der Waals surface area contributed by atoms with E-state index in [-0.39, 0.29) is 5.78 Å². The van der Waals surface area contributed by atoms with E-state index >= 15 is 0 Å². The lowest BCUT2D eigenvalue weighted by Crippen LogP contribution is -2.03. The molecule has 0 spiro atoms. The molecule has 1 aromatic rings. The Balaban J connectivity index is 2.76. The van der Waals surface area contributed by atoms with E-state index in [1.165, 1.54) is 0 Å². The van der Waals surface area contributed by atoms with E-state index in [9.17, 15) is 4.79 Å². The van der Waals surface area contributed by atoms with Crippen LogP contribution in [0.25, 0.3) is 0 Å². The Morgan fingerprint density at radius 1 is 1.43 bits per heavy atom. The maximum atomic E-state index is 11.3. The first-order chi connectivity index (χ1) is 6.65. The molecule has 76 valence electrons. The Morgan fingerprint density at radius 2 is 2.14 bits per heavy atom. The lowest BCUT2D eigenvalue weighted by molar-refractivity contribution is -0.118. The summed E-state index contributed by atoms with van der Waals surface area (Å²) in [7, 11) is 0. The maximum absolute atomic E-state index is 11.3. The van der Waals surface area contributed by atoms with Crippen molar-refractivity contribution >= 4 is 44.9 Å². The lowest BCUT2D eigenvalue weighted by atomic mass is 10.1. The second-order valence-electron chi connectivity index (χ2n) is 2.87. The first-order valence-electron chi connectivity index (χ1n) is 4.15. The summed E-state index contributed by atoms with van der Waals surface area (Å²) in [6.07, 6.45) is 0.786.